The first-order valence-electron chi connectivity index (χ1n) is 24.6. The van der Waals surface area contributed by atoms with E-state index in [0.29, 0.717) is 106 Å². The first kappa shape index (κ1) is 48.8. The second-order valence-corrected chi connectivity index (χ2v) is 23.2. The van der Waals surface area contributed by atoms with Crippen molar-refractivity contribution in [2.24, 2.45) is 5.92 Å². The van der Waals surface area contributed by atoms with Gasteiger partial charge in [-0.2, -0.15) is 4.98 Å². The molecule has 374 valence electrons. The summed E-state index contributed by atoms with van der Waals surface area (Å²) < 4.78 is 65.8. The Morgan fingerprint density at radius 1 is 0.873 bits per heavy atom. The molecule has 2 aromatic heterocycles. The molecule has 2 atom stereocenters. The number of halogens is 4. The summed E-state index contributed by atoms with van der Waals surface area (Å²) in [4.78, 5) is 60.3. The van der Waals surface area contributed by atoms with Crippen LogP contribution in [0.4, 0.5) is 47.7 Å². The topological polar surface area (TPSA) is 165 Å². The van der Waals surface area contributed by atoms with E-state index in [1.165, 1.54) is 24.3 Å². The van der Waals surface area contributed by atoms with Gasteiger partial charge >= 0.3 is 0 Å². The van der Waals surface area contributed by atoms with Gasteiger partial charge in [-0.05, 0) is 96.8 Å². The van der Waals surface area contributed by atoms with Crippen LogP contribution in [0.3, 0.4) is 0 Å². The first-order valence-corrected chi connectivity index (χ1v) is 27.5. The molecule has 3 aromatic carbocycles. The van der Waals surface area contributed by atoms with Gasteiger partial charge < -0.3 is 34.6 Å². The van der Waals surface area contributed by atoms with Crippen molar-refractivity contribution in [2.75, 3.05) is 92.2 Å². The highest BCUT2D eigenvalue weighted by Gasteiger charge is 2.38. The van der Waals surface area contributed by atoms with Gasteiger partial charge in [-0.3, -0.25) is 29.6 Å². The fourth-order valence-electron chi connectivity index (χ4n) is 11.3. The number of rotatable bonds is 12. The largest absolute Gasteiger partial charge is 0.494 e. The van der Waals surface area contributed by atoms with E-state index >= 15 is 8.78 Å². The molecular weight excluding hydrogens is 1000 g/mol. The number of methoxy groups -OCH3 is 1. The van der Waals surface area contributed by atoms with Crippen molar-refractivity contribution in [1.29, 1.82) is 0 Å². The predicted octanol–water partition coefficient (Wildman–Crippen LogP) is 8.20. The zero-order valence-electron chi connectivity index (χ0n) is 39.8. The molecule has 5 saturated heterocycles. The Morgan fingerprint density at radius 3 is 2.31 bits per heavy atom. The lowest BCUT2D eigenvalue weighted by Gasteiger charge is -2.44. The Labute approximate surface area is 418 Å². The quantitative estimate of drug-likeness (QED) is 0.0810. The lowest BCUT2D eigenvalue weighted by atomic mass is 9.89. The Morgan fingerprint density at radius 2 is 1.61 bits per heavy atom. The molecule has 5 aromatic rings. The lowest BCUT2D eigenvalue weighted by molar-refractivity contribution is -0.137. The van der Waals surface area contributed by atoms with Crippen molar-refractivity contribution in [1.82, 2.24) is 30.1 Å². The highest BCUT2D eigenvalue weighted by atomic mass is 79.9. The van der Waals surface area contributed by atoms with Crippen LogP contribution in [0.5, 0.6) is 5.75 Å². The van der Waals surface area contributed by atoms with Gasteiger partial charge in [0.1, 0.15) is 36.2 Å². The van der Waals surface area contributed by atoms with E-state index < -0.39 is 42.3 Å². The van der Waals surface area contributed by atoms with Crippen LogP contribution in [-0.2, 0) is 25.4 Å². The fraction of sp³-hybridized carbons (Fsp3) is 0.451. The van der Waals surface area contributed by atoms with Crippen LogP contribution in [-0.4, -0.2) is 120 Å². The zero-order chi connectivity index (χ0) is 49.6. The van der Waals surface area contributed by atoms with Gasteiger partial charge in [0.2, 0.25) is 23.7 Å². The lowest BCUT2D eigenvalue weighted by Crippen LogP contribution is -2.55. The number of piperazine rings is 1. The molecule has 0 saturated carbocycles. The number of anilines is 6. The van der Waals surface area contributed by atoms with E-state index in [1.54, 1.807) is 25.6 Å². The molecule has 5 aliphatic heterocycles. The van der Waals surface area contributed by atoms with Crippen molar-refractivity contribution in [3.05, 3.63) is 87.9 Å². The molecule has 7 heterocycles. The Kier molecular flexibility index (Phi) is 14.0. The summed E-state index contributed by atoms with van der Waals surface area (Å²) in [5.74, 6) is -3.06. The number of fused-ring (bicyclic) bond motifs is 1. The van der Waals surface area contributed by atoms with Crippen LogP contribution >= 0.6 is 23.1 Å². The summed E-state index contributed by atoms with van der Waals surface area (Å²) in [6.07, 6.45) is 9.54. The number of piperidine rings is 2. The minimum atomic E-state index is -2.78. The summed E-state index contributed by atoms with van der Waals surface area (Å²) in [7, 11) is -1.13. The van der Waals surface area contributed by atoms with Crippen LogP contribution in [0.1, 0.15) is 68.9 Å². The number of nitrogens with one attached hydrogen (secondary N) is 3. The number of aryl methyl sites for hydroxylation is 1. The molecule has 3 amide bonds. The third-order valence-corrected chi connectivity index (χ3v) is 19.0. The van der Waals surface area contributed by atoms with E-state index in [4.69, 9.17) is 9.72 Å². The number of hydrogen-bond donors (Lipinski definition) is 3. The van der Waals surface area contributed by atoms with Crippen molar-refractivity contribution in [2.45, 2.75) is 70.3 Å². The van der Waals surface area contributed by atoms with E-state index in [-0.39, 0.29) is 30.2 Å². The number of imide groups is 1. The maximum atomic E-state index is 15.3. The zero-order valence-corrected chi connectivity index (χ0v) is 42.3. The summed E-state index contributed by atoms with van der Waals surface area (Å²) in [5.41, 5.74) is 4.01. The third-order valence-electron chi connectivity index (χ3n) is 15.0. The van der Waals surface area contributed by atoms with E-state index in [1.807, 2.05) is 9.80 Å². The molecule has 10 rings (SSSR count). The molecule has 20 heteroatoms. The van der Waals surface area contributed by atoms with E-state index in [9.17, 15) is 23.3 Å². The van der Waals surface area contributed by atoms with Crippen LogP contribution < -0.4 is 35.8 Å². The van der Waals surface area contributed by atoms with Crippen LogP contribution in [0.25, 0.3) is 10.9 Å². The van der Waals surface area contributed by atoms with Gasteiger partial charge in [-0.25, -0.2) is 18.2 Å². The molecule has 5 aliphatic rings. The van der Waals surface area contributed by atoms with E-state index in [2.05, 4.69) is 70.7 Å². The molecule has 5 fully saturated rings. The van der Waals surface area contributed by atoms with E-state index in [0.717, 1.165) is 69.5 Å². The van der Waals surface area contributed by atoms with Crippen LogP contribution in [0, 0.1) is 23.4 Å². The molecule has 3 N–H and O–H groups in total. The highest BCUT2D eigenvalue weighted by Crippen LogP contribution is 2.54. The summed E-state index contributed by atoms with van der Waals surface area (Å²) in [6.45, 7) is 7.49. The molecule has 15 nitrogen and oxygen atoms in total. The van der Waals surface area contributed by atoms with Gasteiger partial charge in [0.25, 0.3) is 0 Å². The van der Waals surface area contributed by atoms with Crippen molar-refractivity contribution < 1.29 is 36.9 Å². The van der Waals surface area contributed by atoms with Gasteiger partial charge in [0, 0.05) is 123 Å². The van der Waals surface area contributed by atoms with Crippen LogP contribution in [0.15, 0.2) is 59.3 Å². The number of pyridine rings is 1. The van der Waals surface area contributed by atoms with Gasteiger partial charge in [-0.15, -0.1) is 0 Å². The maximum Gasteiger partial charge on any atom is 0.234 e. The number of hydrogen-bond acceptors (Lipinski definition) is 13. The molecule has 0 spiro atoms. The number of carbonyl (C=O) groups excluding carboxylic acids is 3. The number of amides is 3. The Hall–Kier alpha value is -5.78. The minimum absolute atomic E-state index is 0.0221. The summed E-state index contributed by atoms with van der Waals surface area (Å²) in [6, 6.07) is 11.4. The molecule has 0 radical (unpaired) electrons. The first-order chi connectivity index (χ1) is 34.3. The van der Waals surface area contributed by atoms with Crippen molar-refractivity contribution in [3.63, 3.8) is 0 Å². The summed E-state index contributed by atoms with van der Waals surface area (Å²) in [5, 5.41) is 10.3. The standard InChI is InChI=1S/C51H57BrF3N10O5P/c1-3-30-22-41(59-51-57-27-37(52)48(61-51)58-42-28-56-40-23-32(53)6-7-35(40)47(42)71(69)20-4-5-21-71)44(70-2)26-43(30)63-14-11-33(12-15-63)62-16-18-64(19-17-62)50(68)31-10-13-65(29-31)34-24-38(54)46(39(55)25-34)36-8-9-45(66)60-49(36)67/h6-7,22-28,31,33,36H,3-5,8-21,29H2,1-2H3,(H,60,66,67)(H2,57,58,59,61)/t31-,36?/m1/s1. The average molecular weight is 1060 g/mol. The van der Waals surface area contributed by atoms with Crippen molar-refractivity contribution in [3.8, 4) is 5.75 Å². The average Bonchev–Trinajstić information content (AvgIpc) is 4.05. The molecular formula is C51H57BrF3N10O5P. The molecule has 0 aliphatic carbocycles. The number of ether oxygens (including phenoxy) is 1. The smallest absolute Gasteiger partial charge is 0.234 e. The molecule has 71 heavy (non-hydrogen) atoms. The van der Waals surface area contributed by atoms with Gasteiger partial charge in [-0.1, -0.05) is 6.92 Å². The van der Waals surface area contributed by atoms with Gasteiger partial charge in [0.05, 0.1) is 46.5 Å². The van der Waals surface area contributed by atoms with Gasteiger partial charge in [0.15, 0.2) is 0 Å². The third kappa shape index (κ3) is 9.93. The Balaban J connectivity index is 0.747. The second-order valence-electron chi connectivity index (χ2n) is 19.2. The summed E-state index contributed by atoms with van der Waals surface area (Å²) >= 11 is 3.60. The number of benzene rings is 3. The predicted molar refractivity (Wildman–Crippen MR) is 272 cm³/mol. The molecule has 1 unspecified atom stereocenters. The van der Waals surface area contributed by atoms with Crippen LogP contribution in [0.2, 0.25) is 0 Å². The second kappa shape index (κ2) is 20.4. The minimum Gasteiger partial charge on any atom is -0.494 e. The van der Waals surface area contributed by atoms with Crippen molar-refractivity contribution >= 4 is 91.5 Å². The monoisotopic (exact) mass is 1060 g/mol. The highest BCUT2D eigenvalue weighted by molar-refractivity contribution is 9.10. The number of carbonyl (C=O) groups is 3. The SMILES string of the molecule is CCc1cc(Nc2ncc(Br)c(Nc3cnc4cc(F)ccc4c3P3(=O)CCCC3)n2)c(OC)cc1N1CCC(N2CCN(C(=O)[C@@H]3CCN(c4cc(F)c(C5CCC(=O)NC5=O)c(F)c4)C3)CC2)CC1. The molecule has 0 bridgehead atoms. The fourth-order valence-corrected chi connectivity index (χ4v) is 14.9. The number of aromatic nitrogens is 3. The number of nitrogens with zero attached hydrogens (tertiary/aromatic N) is 7. The Bertz CT molecular complexity index is 2920. The maximum absolute atomic E-state index is 15.3. The normalized spacial score (nSPS) is 21.0.